The first-order chi connectivity index (χ1) is 9.29. The SMILES string of the molecule is CCNc1ncnc(OCC(F)(F)C(F)F)c1C(C)C. The van der Waals surface area contributed by atoms with Crippen LogP contribution in [0.4, 0.5) is 23.4 Å². The van der Waals surface area contributed by atoms with E-state index in [9.17, 15) is 17.6 Å². The van der Waals surface area contributed by atoms with E-state index in [1.165, 1.54) is 0 Å². The first-order valence-corrected chi connectivity index (χ1v) is 6.17. The molecule has 0 aliphatic heterocycles. The Hall–Kier alpha value is -1.60. The quantitative estimate of drug-likeness (QED) is 0.784. The maximum absolute atomic E-state index is 12.9. The molecule has 0 atom stereocenters. The van der Waals surface area contributed by atoms with Crippen molar-refractivity contribution < 1.29 is 22.3 Å². The molecular formula is C12H17F4N3O. The molecule has 0 radical (unpaired) electrons. The van der Waals surface area contributed by atoms with E-state index >= 15 is 0 Å². The van der Waals surface area contributed by atoms with Gasteiger partial charge in [0.1, 0.15) is 12.1 Å². The number of hydrogen-bond acceptors (Lipinski definition) is 4. The van der Waals surface area contributed by atoms with Crippen molar-refractivity contribution in [3.63, 3.8) is 0 Å². The zero-order valence-corrected chi connectivity index (χ0v) is 11.5. The lowest BCUT2D eigenvalue weighted by Gasteiger charge is -2.19. The number of halogens is 4. The summed E-state index contributed by atoms with van der Waals surface area (Å²) in [4.78, 5) is 7.75. The molecule has 1 N–H and O–H groups in total. The van der Waals surface area contributed by atoms with Crippen molar-refractivity contribution in [2.45, 2.75) is 39.0 Å². The van der Waals surface area contributed by atoms with Gasteiger partial charge in [-0.15, -0.1) is 0 Å². The highest BCUT2D eigenvalue weighted by molar-refractivity contribution is 5.50. The van der Waals surface area contributed by atoms with Crippen LogP contribution in [0.3, 0.4) is 0 Å². The van der Waals surface area contributed by atoms with E-state index in [2.05, 4.69) is 15.3 Å². The first kappa shape index (κ1) is 16.5. The lowest BCUT2D eigenvalue weighted by molar-refractivity contribution is -0.148. The van der Waals surface area contributed by atoms with Gasteiger partial charge in [-0.2, -0.15) is 8.78 Å². The van der Waals surface area contributed by atoms with Gasteiger partial charge in [0.2, 0.25) is 5.88 Å². The highest BCUT2D eigenvalue weighted by Gasteiger charge is 2.42. The molecule has 0 aliphatic rings. The summed E-state index contributed by atoms with van der Waals surface area (Å²) in [5.74, 6) is -3.98. The number of nitrogens with one attached hydrogen (secondary N) is 1. The molecule has 0 aromatic carbocycles. The summed E-state index contributed by atoms with van der Waals surface area (Å²) in [7, 11) is 0. The van der Waals surface area contributed by atoms with Gasteiger partial charge in [-0.3, -0.25) is 0 Å². The summed E-state index contributed by atoms with van der Waals surface area (Å²) in [6.07, 6.45) is -2.64. The average Bonchev–Trinajstić information content (AvgIpc) is 2.36. The second-order valence-electron chi connectivity index (χ2n) is 4.48. The second kappa shape index (κ2) is 6.71. The van der Waals surface area contributed by atoms with Crippen molar-refractivity contribution in [1.82, 2.24) is 9.97 Å². The Labute approximate surface area is 114 Å². The van der Waals surface area contributed by atoms with Gasteiger partial charge >= 0.3 is 12.3 Å². The van der Waals surface area contributed by atoms with E-state index in [1.54, 1.807) is 13.8 Å². The Bertz CT molecular complexity index is 441. The molecule has 0 spiro atoms. The van der Waals surface area contributed by atoms with Crippen LogP contribution in [0.25, 0.3) is 0 Å². The molecular weight excluding hydrogens is 278 g/mol. The highest BCUT2D eigenvalue weighted by Crippen LogP contribution is 2.31. The van der Waals surface area contributed by atoms with Gasteiger partial charge in [-0.05, 0) is 12.8 Å². The molecule has 0 aliphatic carbocycles. The van der Waals surface area contributed by atoms with Crippen molar-refractivity contribution in [3.8, 4) is 5.88 Å². The summed E-state index contributed by atoms with van der Waals surface area (Å²) in [5, 5.41) is 2.95. The van der Waals surface area contributed by atoms with Crippen LogP contribution >= 0.6 is 0 Å². The maximum atomic E-state index is 12.9. The van der Waals surface area contributed by atoms with Crippen LogP contribution in [-0.4, -0.2) is 35.5 Å². The molecule has 8 heteroatoms. The number of hydrogen-bond donors (Lipinski definition) is 1. The molecule has 0 saturated carbocycles. The van der Waals surface area contributed by atoms with Crippen molar-refractivity contribution in [1.29, 1.82) is 0 Å². The lowest BCUT2D eigenvalue weighted by atomic mass is 10.1. The molecule has 114 valence electrons. The number of alkyl halides is 4. The van der Waals surface area contributed by atoms with Gasteiger partial charge < -0.3 is 10.1 Å². The van der Waals surface area contributed by atoms with Crippen LogP contribution in [-0.2, 0) is 0 Å². The Kier molecular flexibility index (Phi) is 5.52. The second-order valence-corrected chi connectivity index (χ2v) is 4.48. The lowest BCUT2D eigenvalue weighted by Crippen LogP contribution is -2.34. The van der Waals surface area contributed by atoms with Crippen molar-refractivity contribution in [2.24, 2.45) is 0 Å². The van der Waals surface area contributed by atoms with Gasteiger partial charge in [0, 0.05) is 6.54 Å². The Balaban J connectivity index is 2.97. The Morgan fingerprint density at radius 3 is 2.45 bits per heavy atom. The van der Waals surface area contributed by atoms with E-state index in [1.807, 2.05) is 6.92 Å². The molecule has 1 rings (SSSR count). The normalized spacial score (nSPS) is 12.1. The summed E-state index contributed by atoms with van der Waals surface area (Å²) in [6, 6.07) is 0. The van der Waals surface area contributed by atoms with E-state index in [4.69, 9.17) is 4.74 Å². The minimum absolute atomic E-state index is 0.105. The third kappa shape index (κ3) is 3.94. The fourth-order valence-corrected chi connectivity index (χ4v) is 1.55. The first-order valence-electron chi connectivity index (χ1n) is 6.17. The van der Waals surface area contributed by atoms with Crippen LogP contribution in [0, 0.1) is 0 Å². The summed E-state index contributed by atoms with van der Waals surface area (Å²) < 4.78 is 54.7. The third-order valence-electron chi connectivity index (χ3n) is 2.49. The third-order valence-corrected chi connectivity index (χ3v) is 2.49. The predicted molar refractivity (Wildman–Crippen MR) is 66.7 cm³/mol. The van der Waals surface area contributed by atoms with Crippen LogP contribution in [0.5, 0.6) is 5.88 Å². The van der Waals surface area contributed by atoms with E-state index in [0.29, 0.717) is 17.9 Å². The molecule has 0 saturated heterocycles. The largest absolute Gasteiger partial charge is 0.471 e. The number of ether oxygens (including phenoxy) is 1. The summed E-state index contributed by atoms with van der Waals surface area (Å²) >= 11 is 0. The fourth-order valence-electron chi connectivity index (χ4n) is 1.55. The fraction of sp³-hybridized carbons (Fsp3) is 0.667. The zero-order chi connectivity index (χ0) is 15.3. The Morgan fingerprint density at radius 2 is 1.95 bits per heavy atom. The van der Waals surface area contributed by atoms with Crippen LogP contribution < -0.4 is 10.1 Å². The molecule has 0 fully saturated rings. The van der Waals surface area contributed by atoms with Gasteiger partial charge in [-0.1, -0.05) is 13.8 Å². The number of rotatable bonds is 7. The van der Waals surface area contributed by atoms with E-state index in [0.717, 1.165) is 6.33 Å². The predicted octanol–water partition coefficient (Wildman–Crippen LogP) is 3.31. The average molecular weight is 295 g/mol. The standard InChI is InChI=1S/C12H17F4N3O/c1-4-17-9-8(7(2)3)10(19-6-18-9)20-5-12(15,16)11(13)14/h6-7,11H,4-5H2,1-3H3,(H,17,18,19). The topological polar surface area (TPSA) is 47.0 Å². The van der Waals surface area contributed by atoms with E-state index < -0.39 is 19.0 Å². The Morgan fingerprint density at radius 1 is 1.30 bits per heavy atom. The van der Waals surface area contributed by atoms with Gasteiger partial charge in [-0.25, -0.2) is 18.7 Å². The number of nitrogens with zero attached hydrogens (tertiary/aromatic N) is 2. The summed E-state index contributed by atoms with van der Waals surface area (Å²) in [6.45, 7) is 4.60. The zero-order valence-electron chi connectivity index (χ0n) is 11.5. The van der Waals surface area contributed by atoms with Crippen LogP contribution in [0.15, 0.2) is 6.33 Å². The van der Waals surface area contributed by atoms with Gasteiger partial charge in [0.15, 0.2) is 6.61 Å². The number of anilines is 1. The van der Waals surface area contributed by atoms with Crippen molar-refractivity contribution in [2.75, 3.05) is 18.5 Å². The molecule has 1 aromatic rings. The van der Waals surface area contributed by atoms with Crippen molar-refractivity contribution >= 4 is 5.82 Å². The molecule has 0 unspecified atom stereocenters. The molecule has 4 nitrogen and oxygen atoms in total. The smallest absolute Gasteiger partial charge is 0.340 e. The molecule has 1 aromatic heterocycles. The molecule has 0 bridgehead atoms. The van der Waals surface area contributed by atoms with Gasteiger partial charge in [0.05, 0.1) is 5.56 Å². The molecule has 1 heterocycles. The highest BCUT2D eigenvalue weighted by atomic mass is 19.3. The minimum Gasteiger partial charge on any atom is -0.471 e. The number of aromatic nitrogens is 2. The van der Waals surface area contributed by atoms with Gasteiger partial charge in [0.25, 0.3) is 0 Å². The van der Waals surface area contributed by atoms with Crippen molar-refractivity contribution in [3.05, 3.63) is 11.9 Å². The summed E-state index contributed by atoms with van der Waals surface area (Å²) in [5.41, 5.74) is 0.486. The molecule has 20 heavy (non-hydrogen) atoms. The van der Waals surface area contributed by atoms with Crippen LogP contribution in [0.1, 0.15) is 32.3 Å². The van der Waals surface area contributed by atoms with Crippen LogP contribution in [0.2, 0.25) is 0 Å². The van der Waals surface area contributed by atoms with E-state index in [-0.39, 0.29) is 11.8 Å². The maximum Gasteiger partial charge on any atom is 0.340 e. The minimum atomic E-state index is -4.21. The molecule has 0 amide bonds. The monoisotopic (exact) mass is 295 g/mol.